The molecule has 0 saturated carbocycles. The van der Waals surface area contributed by atoms with Gasteiger partial charge in [-0.2, -0.15) is 0 Å². The number of aromatic amines is 1. The molecule has 0 aliphatic heterocycles. The first-order valence-electron chi connectivity index (χ1n) is 9.27. The van der Waals surface area contributed by atoms with Crippen molar-refractivity contribution in [2.75, 3.05) is 11.9 Å². The molecule has 4 aromatic rings. The second kappa shape index (κ2) is 6.88. The Morgan fingerprint density at radius 1 is 0.889 bits per heavy atom. The summed E-state index contributed by atoms with van der Waals surface area (Å²) < 4.78 is 0. The molecule has 0 bridgehead atoms. The van der Waals surface area contributed by atoms with Gasteiger partial charge in [-0.15, -0.1) is 0 Å². The van der Waals surface area contributed by atoms with Crippen LogP contribution in [0.2, 0.25) is 0 Å². The molecule has 0 radical (unpaired) electrons. The molecule has 0 saturated heterocycles. The average Bonchev–Trinajstić information content (AvgIpc) is 3.11. The molecule has 0 atom stereocenters. The standard InChI is InChI=1S/C23H24N4/c1-15(2)27(4)23-25-21-12-9-18(13-22(21)26-23)20-11-10-19(14-24-20)17-7-5-16(3)6-8-17/h5-15H,1-4H3,(H,25,26). The highest BCUT2D eigenvalue weighted by Crippen LogP contribution is 2.26. The summed E-state index contributed by atoms with van der Waals surface area (Å²) in [6.45, 7) is 6.40. The van der Waals surface area contributed by atoms with Gasteiger partial charge in [0.05, 0.1) is 16.7 Å². The summed E-state index contributed by atoms with van der Waals surface area (Å²) in [7, 11) is 2.05. The van der Waals surface area contributed by atoms with E-state index < -0.39 is 0 Å². The summed E-state index contributed by atoms with van der Waals surface area (Å²) in [6.07, 6.45) is 1.94. The van der Waals surface area contributed by atoms with Gasteiger partial charge in [-0.25, -0.2) is 4.98 Å². The molecule has 1 N–H and O–H groups in total. The topological polar surface area (TPSA) is 44.8 Å². The molecule has 4 nitrogen and oxygen atoms in total. The molecule has 27 heavy (non-hydrogen) atoms. The van der Waals surface area contributed by atoms with E-state index in [-0.39, 0.29) is 0 Å². The van der Waals surface area contributed by atoms with Gasteiger partial charge < -0.3 is 9.88 Å². The van der Waals surface area contributed by atoms with E-state index in [1.54, 1.807) is 0 Å². The number of rotatable bonds is 4. The van der Waals surface area contributed by atoms with E-state index in [2.05, 4.69) is 96.2 Å². The zero-order valence-corrected chi connectivity index (χ0v) is 16.2. The van der Waals surface area contributed by atoms with E-state index in [1.165, 1.54) is 11.1 Å². The molecule has 4 rings (SSSR count). The first-order chi connectivity index (χ1) is 13.0. The SMILES string of the molecule is Cc1ccc(-c2ccc(-c3ccc4nc(N(C)C(C)C)[nH]c4c3)nc2)cc1. The van der Waals surface area contributed by atoms with Crippen LogP contribution in [-0.2, 0) is 0 Å². The molecule has 2 aromatic heterocycles. The minimum absolute atomic E-state index is 0.390. The highest BCUT2D eigenvalue weighted by Gasteiger charge is 2.11. The van der Waals surface area contributed by atoms with Crippen molar-refractivity contribution in [3.63, 3.8) is 0 Å². The number of aromatic nitrogens is 3. The van der Waals surface area contributed by atoms with E-state index in [9.17, 15) is 0 Å². The third kappa shape index (κ3) is 3.43. The molecule has 0 spiro atoms. The van der Waals surface area contributed by atoms with Gasteiger partial charge in [-0.05, 0) is 44.5 Å². The van der Waals surface area contributed by atoms with Crippen molar-refractivity contribution in [1.29, 1.82) is 0 Å². The van der Waals surface area contributed by atoms with Crippen molar-refractivity contribution in [2.45, 2.75) is 26.8 Å². The van der Waals surface area contributed by atoms with E-state index in [0.29, 0.717) is 6.04 Å². The minimum Gasteiger partial charge on any atom is -0.343 e. The number of aryl methyl sites for hydroxylation is 1. The van der Waals surface area contributed by atoms with Crippen LogP contribution in [0.3, 0.4) is 0 Å². The summed E-state index contributed by atoms with van der Waals surface area (Å²) in [5.74, 6) is 0.889. The van der Waals surface area contributed by atoms with Crippen molar-refractivity contribution < 1.29 is 0 Å². The first kappa shape index (κ1) is 17.3. The second-order valence-corrected chi connectivity index (χ2v) is 7.30. The van der Waals surface area contributed by atoms with Gasteiger partial charge in [0.15, 0.2) is 0 Å². The molecule has 2 aromatic carbocycles. The van der Waals surface area contributed by atoms with Gasteiger partial charge in [-0.3, -0.25) is 4.98 Å². The van der Waals surface area contributed by atoms with Crippen LogP contribution in [0.15, 0.2) is 60.8 Å². The highest BCUT2D eigenvalue weighted by atomic mass is 15.3. The lowest BCUT2D eigenvalue weighted by atomic mass is 10.0. The second-order valence-electron chi connectivity index (χ2n) is 7.30. The van der Waals surface area contributed by atoms with E-state index in [0.717, 1.165) is 33.8 Å². The zero-order valence-electron chi connectivity index (χ0n) is 16.2. The molecule has 2 heterocycles. The van der Waals surface area contributed by atoms with Gasteiger partial charge in [0.1, 0.15) is 0 Å². The van der Waals surface area contributed by atoms with Crippen molar-refractivity contribution in [3.05, 3.63) is 66.4 Å². The molecule has 0 unspecified atom stereocenters. The number of imidazole rings is 1. The number of hydrogen-bond acceptors (Lipinski definition) is 3. The molecule has 136 valence electrons. The molecule has 0 aliphatic carbocycles. The summed E-state index contributed by atoms with van der Waals surface area (Å²) >= 11 is 0. The Kier molecular flexibility index (Phi) is 4.40. The van der Waals surface area contributed by atoms with E-state index >= 15 is 0 Å². The molecular formula is C23H24N4. The Hall–Kier alpha value is -3.14. The summed E-state index contributed by atoms with van der Waals surface area (Å²) in [6, 6.07) is 19.4. The van der Waals surface area contributed by atoms with Crippen molar-refractivity contribution in [3.8, 4) is 22.4 Å². The Morgan fingerprint density at radius 2 is 1.59 bits per heavy atom. The number of benzene rings is 2. The lowest BCUT2D eigenvalue weighted by molar-refractivity contribution is 0.736. The predicted molar refractivity (Wildman–Crippen MR) is 113 cm³/mol. The van der Waals surface area contributed by atoms with Crippen LogP contribution in [0.1, 0.15) is 19.4 Å². The van der Waals surface area contributed by atoms with Gasteiger partial charge >= 0.3 is 0 Å². The largest absolute Gasteiger partial charge is 0.343 e. The highest BCUT2D eigenvalue weighted by molar-refractivity contribution is 5.83. The summed E-state index contributed by atoms with van der Waals surface area (Å²) in [5, 5.41) is 0. The maximum atomic E-state index is 4.68. The Morgan fingerprint density at radius 3 is 2.26 bits per heavy atom. The van der Waals surface area contributed by atoms with Crippen molar-refractivity contribution in [1.82, 2.24) is 15.0 Å². The third-order valence-electron chi connectivity index (χ3n) is 5.02. The Labute approximate surface area is 159 Å². The van der Waals surface area contributed by atoms with Crippen LogP contribution >= 0.6 is 0 Å². The third-order valence-corrected chi connectivity index (χ3v) is 5.02. The summed E-state index contributed by atoms with van der Waals surface area (Å²) in [5.41, 5.74) is 7.62. The number of hydrogen-bond donors (Lipinski definition) is 1. The van der Waals surface area contributed by atoms with Crippen molar-refractivity contribution >= 4 is 17.0 Å². The van der Waals surface area contributed by atoms with Crippen molar-refractivity contribution in [2.24, 2.45) is 0 Å². The first-order valence-corrected chi connectivity index (χ1v) is 9.27. The number of pyridine rings is 1. The predicted octanol–water partition coefficient (Wildman–Crippen LogP) is 5.44. The fourth-order valence-electron chi connectivity index (χ4n) is 3.05. The molecule has 0 amide bonds. The quantitative estimate of drug-likeness (QED) is 0.529. The van der Waals surface area contributed by atoms with Gasteiger partial charge in [0, 0.05) is 30.4 Å². The van der Waals surface area contributed by atoms with Crippen LogP contribution in [0.4, 0.5) is 5.95 Å². The summed E-state index contributed by atoms with van der Waals surface area (Å²) in [4.78, 5) is 14.9. The molecule has 4 heteroatoms. The van der Waals surface area contributed by atoms with E-state index in [1.807, 2.05) is 12.3 Å². The van der Waals surface area contributed by atoms with E-state index in [4.69, 9.17) is 0 Å². The van der Waals surface area contributed by atoms with Gasteiger partial charge in [0.25, 0.3) is 0 Å². The lowest BCUT2D eigenvalue weighted by Gasteiger charge is -2.19. The normalized spacial score (nSPS) is 11.3. The average molecular weight is 356 g/mol. The fourth-order valence-corrected chi connectivity index (χ4v) is 3.05. The molecular weight excluding hydrogens is 332 g/mol. The number of nitrogens with zero attached hydrogens (tertiary/aromatic N) is 3. The van der Waals surface area contributed by atoms with Gasteiger partial charge in [-0.1, -0.05) is 42.0 Å². The molecule has 0 fully saturated rings. The number of anilines is 1. The van der Waals surface area contributed by atoms with Crippen LogP contribution < -0.4 is 4.90 Å². The maximum absolute atomic E-state index is 4.68. The molecule has 0 aliphatic rings. The van der Waals surface area contributed by atoms with Crippen LogP contribution in [0.25, 0.3) is 33.4 Å². The van der Waals surface area contributed by atoms with Crippen LogP contribution in [0, 0.1) is 6.92 Å². The van der Waals surface area contributed by atoms with Crippen LogP contribution in [-0.4, -0.2) is 28.0 Å². The maximum Gasteiger partial charge on any atom is 0.203 e. The minimum atomic E-state index is 0.390. The number of nitrogens with one attached hydrogen (secondary N) is 1. The number of H-pyrrole nitrogens is 1. The Bertz CT molecular complexity index is 1060. The van der Waals surface area contributed by atoms with Crippen LogP contribution in [0.5, 0.6) is 0 Å². The van der Waals surface area contributed by atoms with Gasteiger partial charge in [0.2, 0.25) is 5.95 Å². The smallest absolute Gasteiger partial charge is 0.203 e. The number of fused-ring (bicyclic) bond motifs is 1. The Balaban J connectivity index is 1.64. The zero-order chi connectivity index (χ0) is 19.0. The fraction of sp³-hybridized carbons (Fsp3) is 0.217. The monoisotopic (exact) mass is 356 g/mol. The lowest BCUT2D eigenvalue weighted by Crippen LogP contribution is -2.26.